The molecule has 3 heteroatoms. The average molecular weight is 280 g/mol. The summed E-state index contributed by atoms with van der Waals surface area (Å²) >= 11 is 0. The summed E-state index contributed by atoms with van der Waals surface area (Å²) in [5.74, 6) is 0. The van der Waals surface area contributed by atoms with Crippen molar-refractivity contribution in [2.75, 3.05) is 6.16 Å². The Bertz CT molecular complexity index is 405. The van der Waals surface area contributed by atoms with E-state index in [0.717, 1.165) is 6.16 Å². The van der Waals surface area contributed by atoms with E-state index >= 15 is 0 Å². The lowest BCUT2D eigenvalue weighted by Gasteiger charge is -2.20. The number of benzene rings is 2. The van der Waals surface area contributed by atoms with Gasteiger partial charge in [-0.1, -0.05) is 60.7 Å². The first-order chi connectivity index (χ1) is 8.27. The molecule has 2 N–H and O–H groups in total. The van der Waals surface area contributed by atoms with Crippen molar-refractivity contribution in [2.45, 2.75) is 13.0 Å². The maximum Gasteiger partial charge on any atom is 0.00557 e. The molecule has 0 spiro atoms. The molecule has 0 bridgehead atoms. The van der Waals surface area contributed by atoms with Gasteiger partial charge in [0.15, 0.2) is 0 Å². The summed E-state index contributed by atoms with van der Waals surface area (Å²) in [7, 11) is -0.315. The molecule has 1 nitrogen and oxygen atoms in total. The summed E-state index contributed by atoms with van der Waals surface area (Å²) in [6, 6.07) is 21.6. The molecule has 1 atom stereocenters. The topological polar surface area (TPSA) is 26.0 Å². The first kappa shape index (κ1) is 15.2. The quantitative estimate of drug-likeness (QED) is 0.856. The molecule has 0 radical (unpaired) electrons. The van der Waals surface area contributed by atoms with E-state index in [-0.39, 0.29) is 26.4 Å². The van der Waals surface area contributed by atoms with Crippen LogP contribution >= 0.6 is 20.3 Å². The minimum atomic E-state index is -0.315. The third-order valence-corrected chi connectivity index (χ3v) is 5.39. The molecule has 0 saturated carbocycles. The SMILES string of the molecule is C[C@H](N)CP(c1ccccc1)c1ccccc1.Cl. The van der Waals surface area contributed by atoms with Gasteiger partial charge in [0.1, 0.15) is 0 Å². The zero-order valence-corrected chi connectivity index (χ0v) is 12.2. The lowest BCUT2D eigenvalue weighted by molar-refractivity contribution is 0.844. The molecular weight excluding hydrogens is 261 g/mol. The molecule has 0 saturated heterocycles. The Balaban J connectivity index is 0.00000162. The Hall–Kier alpha value is -0.880. The van der Waals surface area contributed by atoms with Gasteiger partial charge in [0.05, 0.1) is 0 Å². The van der Waals surface area contributed by atoms with Crippen molar-refractivity contribution in [1.29, 1.82) is 0 Å². The van der Waals surface area contributed by atoms with Crippen LogP contribution in [0.15, 0.2) is 60.7 Å². The molecule has 2 aromatic carbocycles. The Morgan fingerprint density at radius 3 is 1.61 bits per heavy atom. The molecule has 0 aromatic heterocycles. The van der Waals surface area contributed by atoms with Crippen LogP contribution in [0.2, 0.25) is 0 Å². The summed E-state index contributed by atoms with van der Waals surface area (Å²) in [6.07, 6.45) is 1.04. The highest BCUT2D eigenvalue weighted by molar-refractivity contribution is 7.73. The zero-order chi connectivity index (χ0) is 12.1. The standard InChI is InChI=1S/C15H18NP.ClH/c1-13(16)12-17(14-8-4-2-5-9-14)15-10-6-3-7-11-15;/h2-11,13H,12,16H2,1H3;1H/t13-;/m0./s1. The van der Waals surface area contributed by atoms with Gasteiger partial charge in [-0.15, -0.1) is 12.4 Å². The molecule has 0 aliphatic carbocycles. The van der Waals surface area contributed by atoms with E-state index in [1.54, 1.807) is 0 Å². The van der Waals surface area contributed by atoms with Crippen molar-refractivity contribution in [3.8, 4) is 0 Å². The van der Waals surface area contributed by atoms with Crippen LogP contribution in [0, 0.1) is 0 Å². The van der Waals surface area contributed by atoms with Crippen molar-refractivity contribution in [1.82, 2.24) is 0 Å². The van der Waals surface area contributed by atoms with Gasteiger partial charge >= 0.3 is 0 Å². The predicted octanol–water partition coefficient (Wildman–Crippen LogP) is 2.89. The Kier molecular flexibility index (Phi) is 6.35. The second-order valence-electron chi connectivity index (χ2n) is 4.26. The van der Waals surface area contributed by atoms with E-state index in [9.17, 15) is 0 Å². The minimum absolute atomic E-state index is 0. The highest BCUT2D eigenvalue weighted by Gasteiger charge is 2.14. The van der Waals surface area contributed by atoms with E-state index in [4.69, 9.17) is 5.73 Å². The molecule has 18 heavy (non-hydrogen) atoms. The molecule has 0 unspecified atom stereocenters. The lowest BCUT2D eigenvalue weighted by Crippen LogP contribution is -2.25. The van der Waals surface area contributed by atoms with Crippen LogP contribution in [-0.2, 0) is 0 Å². The van der Waals surface area contributed by atoms with E-state index < -0.39 is 0 Å². The van der Waals surface area contributed by atoms with Crippen molar-refractivity contribution in [3.63, 3.8) is 0 Å². The zero-order valence-electron chi connectivity index (χ0n) is 10.5. The van der Waals surface area contributed by atoms with Gasteiger partial charge in [0.2, 0.25) is 0 Å². The number of rotatable bonds is 4. The third-order valence-electron chi connectivity index (χ3n) is 2.61. The van der Waals surface area contributed by atoms with Crippen LogP contribution in [0.1, 0.15) is 6.92 Å². The lowest BCUT2D eigenvalue weighted by atomic mass is 10.4. The number of hydrogen-bond acceptors (Lipinski definition) is 1. The fourth-order valence-corrected chi connectivity index (χ4v) is 4.22. The second-order valence-corrected chi connectivity index (χ2v) is 6.51. The van der Waals surface area contributed by atoms with E-state index in [1.165, 1.54) is 10.6 Å². The molecule has 0 heterocycles. The van der Waals surface area contributed by atoms with Crippen molar-refractivity contribution in [2.24, 2.45) is 5.73 Å². The monoisotopic (exact) mass is 279 g/mol. The van der Waals surface area contributed by atoms with Crippen LogP contribution in [0.4, 0.5) is 0 Å². The first-order valence-corrected chi connectivity index (χ1v) is 7.43. The van der Waals surface area contributed by atoms with Gasteiger partial charge in [0, 0.05) is 6.04 Å². The molecule has 2 rings (SSSR count). The normalized spacial score (nSPS) is 11.9. The van der Waals surface area contributed by atoms with Crippen molar-refractivity contribution < 1.29 is 0 Å². The molecule has 0 aliphatic heterocycles. The summed E-state index contributed by atoms with van der Waals surface area (Å²) in [5.41, 5.74) is 5.98. The maximum absolute atomic E-state index is 5.98. The van der Waals surface area contributed by atoms with Crippen LogP contribution in [0.25, 0.3) is 0 Å². The fourth-order valence-electron chi connectivity index (χ4n) is 1.86. The summed E-state index contributed by atoms with van der Waals surface area (Å²) in [4.78, 5) is 0. The number of nitrogens with two attached hydrogens (primary N) is 1. The smallest absolute Gasteiger partial charge is 0.00557 e. The third kappa shape index (κ3) is 4.10. The van der Waals surface area contributed by atoms with Gasteiger partial charge in [-0.3, -0.25) is 0 Å². The molecule has 2 aromatic rings. The summed E-state index contributed by atoms with van der Waals surface area (Å²) in [5, 5.41) is 2.82. The molecular formula is C15H19ClNP. The van der Waals surface area contributed by atoms with E-state index in [1.807, 2.05) is 0 Å². The van der Waals surface area contributed by atoms with E-state index in [0.29, 0.717) is 0 Å². The molecule has 0 aliphatic rings. The molecule has 96 valence electrons. The largest absolute Gasteiger partial charge is 0.328 e. The van der Waals surface area contributed by atoms with Crippen LogP contribution in [0.5, 0.6) is 0 Å². The summed E-state index contributed by atoms with van der Waals surface area (Å²) < 4.78 is 0. The maximum atomic E-state index is 5.98. The van der Waals surface area contributed by atoms with Gasteiger partial charge in [-0.2, -0.15) is 0 Å². The van der Waals surface area contributed by atoms with Gasteiger partial charge in [-0.05, 0) is 31.6 Å². The van der Waals surface area contributed by atoms with Gasteiger partial charge in [0.25, 0.3) is 0 Å². The average Bonchev–Trinajstić information content (AvgIpc) is 2.38. The first-order valence-electron chi connectivity index (χ1n) is 5.90. The van der Waals surface area contributed by atoms with E-state index in [2.05, 4.69) is 67.6 Å². The van der Waals surface area contributed by atoms with Crippen molar-refractivity contribution in [3.05, 3.63) is 60.7 Å². The molecule has 0 fully saturated rings. The minimum Gasteiger partial charge on any atom is -0.328 e. The van der Waals surface area contributed by atoms with Crippen molar-refractivity contribution >= 4 is 30.9 Å². The van der Waals surface area contributed by atoms with Crippen LogP contribution < -0.4 is 16.3 Å². The fraction of sp³-hybridized carbons (Fsp3) is 0.200. The van der Waals surface area contributed by atoms with Gasteiger partial charge < -0.3 is 5.73 Å². The second kappa shape index (κ2) is 7.53. The van der Waals surface area contributed by atoms with Crippen LogP contribution in [-0.4, -0.2) is 12.2 Å². The molecule has 0 amide bonds. The Morgan fingerprint density at radius 1 is 0.889 bits per heavy atom. The predicted molar refractivity (Wildman–Crippen MR) is 84.8 cm³/mol. The number of hydrogen-bond donors (Lipinski definition) is 1. The van der Waals surface area contributed by atoms with Crippen LogP contribution in [0.3, 0.4) is 0 Å². The highest BCUT2D eigenvalue weighted by atomic mass is 35.5. The Labute approximate surface area is 117 Å². The van der Waals surface area contributed by atoms with Gasteiger partial charge in [-0.25, -0.2) is 0 Å². The number of halogens is 1. The summed E-state index contributed by atoms with van der Waals surface area (Å²) in [6.45, 7) is 2.08. The highest BCUT2D eigenvalue weighted by Crippen LogP contribution is 2.33. The Morgan fingerprint density at radius 2 is 1.28 bits per heavy atom.